The van der Waals surface area contributed by atoms with Crippen molar-refractivity contribution in [1.82, 2.24) is 14.5 Å². The van der Waals surface area contributed by atoms with E-state index in [1.165, 1.54) is 0 Å². The molecule has 0 saturated carbocycles. The maximum Gasteiger partial charge on any atom is 0.255 e. The molecule has 1 fully saturated rings. The number of likely N-dealkylation sites (tertiary alicyclic amines) is 1. The van der Waals surface area contributed by atoms with Gasteiger partial charge in [-0.25, -0.2) is 4.98 Å². The molecule has 0 N–H and O–H groups in total. The second-order valence-corrected chi connectivity index (χ2v) is 4.95. The highest BCUT2D eigenvalue weighted by molar-refractivity contribution is 5.96. The lowest BCUT2D eigenvalue weighted by Crippen LogP contribution is -2.42. The largest absolute Gasteiger partial charge is 0.338 e. The van der Waals surface area contributed by atoms with E-state index in [0.717, 1.165) is 42.3 Å². The van der Waals surface area contributed by atoms with Crippen LogP contribution in [0.3, 0.4) is 0 Å². The van der Waals surface area contributed by atoms with Gasteiger partial charge in [0.05, 0.1) is 5.56 Å². The Hall–Kier alpha value is -2.10. The Morgan fingerprint density at radius 2 is 2.05 bits per heavy atom. The number of amides is 1. The maximum atomic E-state index is 12.3. The number of carbonyl (C=O) groups is 1. The van der Waals surface area contributed by atoms with Gasteiger partial charge in [-0.2, -0.15) is 0 Å². The monoisotopic (exact) mass is 255 g/mol. The summed E-state index contributed by atoms with van der Waals surface area (Å²) in [5.41, 5.74) is 2.80. The number of carbonyl (C=O) groups excluding carboxylic acids is 1. The molecule has 19 heavy (non-hydrogen) atoms. The van der Waals surface area contributed by atoms with Crippen molar-refractivity contribution in [2.24, 2.45) is 0 Å². The van der Waals surface area contributed by atoms with Crippen molar-refractivity contribution in [2.45, 2.75) is 20.3 Å². The van der Waals surface area contributed by atoms with Crippen LogP contribution in [0.1, 0.15) is 28.2 Å². The van der Waals surface area contributed by atoms with Gasteiger partial charge in [0.1, 0.15) is 5.82 Å². The second-order valence-electron chi connectivity index (χ2n) is 4.95. The number of aryl methyl sites for hydroxylation is 1. The minimum atomic E-state index is 0.140. The van der Waals surface area contributed by atoms with Crippen molar-refractivity contribution >= 4 is 5.91 Å². The molecule has 1 saturated heterocycles. The van der Waals surface area contributed by atoms with Gasteiger partial charge in [-0.05, 0) is 38.5 Å². The molecule has 0 radical (unpaired) electrons. The van der Waals surface area contributed by atoms with Crippen LogP contribution in [0.4, 0.5) is 0 Å². The van der Waals surface area contributed by atoms with Gasteiger partial charge in [0, 0.05) is 30.7 Å². The molecular formula is C15H17N3O. The summed E-state index contributed by atoms with van der Waals surface area (Å²) in [5, 5.41) is 0. The van der Waals surface area contributed by atoms with Crippen LogP contribution in [0, 0.1) is 13.8 Å². The van der Waals surface area contributed by atoms with E-state index in [1.54, 1.807) is 6.20 Å². The van der Waals surface area contributed by atoms with Crippen molar-refractivity contribution in [2.75, 3.05) is 13.1 Å². The lowest BCUT2D eigenvalue weighted by molar-refractivity contribution is 0.0651. The summed E-state index contributed by atoms with van der Waals surface area (Å²) in [4.78, 5) is 18.6. The van der Waals surface area contributed by atoms with Crippen LogP contribution >= 0.6 is 0 Å². The predicted octanol–water partition coefficient (Wildman–Crippen LogP) is 2.34. The number of hydrogen-bond acceptors (Lipinski definition) is 2. The van der Waals surface area contributed by atoms with E-state index in [0.29, 0.717) is 0 Å². The maximum absolute atomic E-state index is 12.3. The summed E-state index contributed by atoms with van der Waals surface area (Å²) < 4.78 is 2.03. The summed E-state index contributed by atoms with van der Waals surface area (Å²) in [6.07, 6.45) is 2.88. The predicted molar refractivity (Wildman–Crippen MR) is 73.6 cm³/mol. The zero-order valence-corrected chi connectivity index (χ0v) is 11.3. The van der Waals surface area contributed by atoms with Crippen LogP contribution in [0.2, 0.25) is 0 Å². The van der Waals surface area contributed by atoms with Gasteiger partial charge in [0.2, 0.25) is 0 Å². The van der Waals surface area contributed by atoms with Crippen LogP contribution in [-0.2, 0) is 0 Å². The minimum Gasteiger partial charge on any atom is -0.338 e. The van der Waals surface area contributed by atoms with Crippen LogP contribution in [0.25, 0.3) is 5.82 Å². The molecule has 4 heteroatoms. The van der Waals surface area contributed by atoms with Gasteiger partial charge in [0.25, 0.3) is 5.91 Å². The molecule has 0 bridgehead atoms. The molecule has 0 aliphatic carbocycles. The molecule has 1 aliphatic heterocycles. The zero-order chi connectivity index (χ0) is 13.4. The molecule has 3 heterocycles. The van der Waals surface area contributed by atoms with Crippen LogP contribution in [0.5, 0.6) is 0 Å². The third kappa shape index (κ3) is 1.93. The van der Waals surface area contributed by atoms with Crippen molar-refractivity contribution < 1.29 is 4.79 Å². The molecule has 1 aliphatic rings. The summed E-state index contributed by atoms with van der Waals surface area (Å²) in [5.74, 6) is 1.00. The average molecular weight is 255 g/mol. The highest BCUT2D eigenvalue weighted by atomic mass is 16.2. The van der Waals surface area contributed by atoms with E-state index < -0.39 is 0 Å². The molecule has 4 nitrogen and oxygen atoms in total. The quantitative estimate of drug-likeness (QED) is 0.826. The van der Waals surface area contributed by atoms with Gasteiger partial charge in [-0.3, -0.25) is 4.79 Å². The average Bonchev–Trinajstić information content (AvgIpc) is 2.64. The number of nitrogens with zero attached hydrogens (tertiary/aromatic N) is 3. The molecule has 2 aromatic rings. The van der Waals surface area contributed by atoms with Gasteiger partial charge >= 0.3 is 0 Å². The first kappa shape index (κ1) is 12.0. The minimum absolute atomic E-state index is 0.140. The standard InChI is InChI=1S/C15H17N3O/c1-11-10-13(15(19)17-8-5-9-17)12(2)18(11)14-6-3-4-7-16-14/h3-4,6-7,10H,5,8-9H2,1-2H3. The fraction of sp³-hybridized carbons (Fsp3) is 0.333. The Labute approximate surface area is 112 Å². The van der Waals surface area contributed by atoms with Crippen LogP contribution < -0.4 is 0 Å². The van der Waals surface area contributed by atoms with E-state index in [4.69, 9.17) is 0 Å². The van der Waals surface area contributed by atoms with E-state index in [-0.39, 0.29) is 5.91 Å². The summed E-state index contributed by atoms with van der Waals surface area (Å²) >= 11 is 0. The summed E-state index contributed by atoms with van der Waals surface area (Å²) in [7, 11) is 0. The van der Waals surface area contributed by atoms with E-state index in [9.17, 15) is 4.79 Å². The van der Waals surface area contributed by atoms with Crippen molar-refractivity contribution in [3.8, 4) is 5.82 Å². The Bertz CT molecular complexity index is 612. The molecule has 0 atom stereocenters. The highest BCUT2D eigenvalue weighted by Gasteiger charge is 2.25. The first-order chi connectivity index (χ1) is 9.18. The fourth-order valence-electron chi connectivity index (χ4n) is 2.51. The molecule has 3 rings (SSSR count). The van der Waals surface area contributed by atoms with Gasteiger partial charge < -0.3 is 9.47 Å². The third-order valence-corrected chi connectivity index (χ3v) is 3.68. The molecular weight excluding hydrogens is 238 g/mol. The summed E-state index contributed by atoms with van der Waals surface area (Å²) in [6.45, 7) is 5.75. The third-order valence-electron chi connectivity index (χ3n) is 3.68. The Kier molecular flexibility index (Phi) is 2.85. The molecule has 0 aromatic carbocycles. The number of pyridine rings is 1. The van der Waals surface area contributed by atoms with E-state index in [2.05, 4.69) is 4.98 Å². The zero-order valence-electron chi connectivity index (χ0n) is 11.3. The Balaban J connectivity index is 2.03. The van der Waals surface area contributed by atoms with Crippen LogP contribution in [-0.4, -0.2) is 33.4 Å². The molecule has 0 unspecified atom stereocenters. The van der Waals surface area contributed by atoms with Crippen molar-refractivity contribution in [3.63, 3.8) is 0 Å². The topological polar surface area (TPSA) is 38.1 Å². The Morgan fingerprint density at radius 3 is 2.63 bits per heavy atom. The number of aromatic nitrogens is 2. The summed E-state index contributed by atoms with van der Waals surface area (Å²) in [6, 6.07) is 7.77. The first-order valence-electron chi connectivity index (χ1n) is 6.58. The fourth-order valence-corrected chi connectivity index (χ4v) is 2.51. The van der Waals surface area contributed by atoms with Gasteiger partial charge in [-0.1, -0.05) is 6.07 Å². The van der Waals surface area contributed by atoms with E-state index in [1.807, 2.05) is 47.6 Å². The number of hydrogen-bond donors (Lipinski definition) is 0. The first-order valence-corrected chi connectivity index (χ1v) is 6.58. The molecule has 2 aromatic heterocycles. The lowest BCUT2D eigenvalue weighted by atomic mass is 10.1. The highest BCUT2D eigenvalue weighted by Crippen LogP contribution is 2.22. The van der Waals surface area contributed by atoms with Crippen molar-refractivity contribution in [3.05, 3.63) is 47.4 Å². The molecule has 1 amide bonds. The smallest absolute Gasteiger partial charge is 0.255 e. The second kappa shape index (κ2) is 4.53. The lowest BCUT2D eigenvalue weighted by Gasteiger charge is -2.30. The van der Waals surface area contributed by atoms with E-state index >= 15 is 0 Å². The normalized spacial score (nSPS) is 14.3. The van der Waals surface area contributed by atoms with Gasteiger partial charge in [0.15, 0.2) is 0 Å². The molecule has 98 valence electrons. The van der Waals surface area contributed by atoms with Crippen LogP contribution in [0.15, 0.2) is 30.5 Å². The van der Waals surface area contributed by atoms with Crippen molar-refractivity contribution in [1.29, 1.82) is 0 Å². The Morgan fingerprint density at radius 1 is 1.26 bits per heavy atom. The number of rotatable bonds is 2. The van der Waals surface area contributed by atoms with Gasteiger partial charge in [-0.15, -0.1) is 0 Å². The SMILES string of the molecule is Cc1cc(C(=O)N2CCC2)c(C)n1-c1ccccn1. The molecule has 0 spiro atoms.